The third kappa shape index (κ3) is 4.07. The highest BCUT2D eigenvalue weighted by atomic mass is 32.2. The molecule has 1 aromatic carbocycles. The first-order valence-corrected chi connectivity index (χ1v) is 11.3. The number of carbonyl (C=O) groups excluding carboxylic acids is 1. The Morgan fingerprint density at radius 3 is 2.75 bits per heavy atom. The van der Waals surface area contributed by atoms with Gasteiger partial charge in [0.1, 0.15) is 0 Å². The molecule has 28 heavy (non-hydrogen) atoms. The second-order valence-corrected chi connectivity index (χ2v) is 9.35. The highest BCUT2D eigenvalue weighted by Gasteiger charge is 2.16. The van der Waals surface area contributed by atoms with Crippen LogP contribution in [-0.2, 0) is 16.4 Å². The van der Waals surface area contributed by atoms with Gasteiger partial charge in [-0.2, -0.15) is 0 Å². The molecule has 1 N–H and O–H groups in total. The molecule has 3 rings (SSSR count). The van der Waals surface area contributed by atoms with Gasteiger partial charge in [-0.3, -0.25) is 10.1 Å². The first-order valence-electron chi connectivity index (χ1n) is 8.55. The fourth-order valence-corrected chi connectivity index (χ4v) is 4.34. The molecule has 0 bridgehead atoms. The summed E-state index contributed by atoms with van der Waals surface area (Å²) in [7, 11) is -3.38. The third-order valence-corrected chi connectivity index (χ3v) is 6.28. The van der Waals surface area contributed by atoms with Gasteiger partial charge < -0.3 is 4.57 Å². The highest BCUT2D eigenvalue weighted by Crippen LogP contribution is 2.30. The van der Waals surface area contributed by atoms with Crippen molar-refractivity contribution in [2.45, 2.75) is 25.3 Å². The van der Waals surface area contributed by atoms with Crippen LogP contribution < -0.4 is 5.32 Å². The molecule has 0 aliphatic rings. The van der Waals surface area contributed by atoms with Crippen LogP contribution in [0.15, 0.2) is 53.3 Å². The Balaban J connectivity index is 1.83. The van der Waals surface area contributed by atoms with E-state index < -0.39 is 15.7 Å². The molecule has 0 unspecified atom stereocenters. The number of nitrogens with one attached hydrogen (secondary N) is 1. The summed E-state index contributed by atoms with van der Waals surface area (Å²) in [6.07, 6.45) is 2.96. The fourth-order valence-electron chi connectivity index (χ4n) is 2.96. The summed E-state index contributed by atoms with van der Waals surface area (Å²) in [4.78, 5) is 17.1. The molecule has 3 aromatic rings. The van der Waals surface area contributed by atoms with E-state index in [-0.39, 0.29) is 10.5 Å². The summed E-state index contributed by atoms with van der Waals surface area (Å²) < 4.78 is 25.5. The number of nitrogens with zero attached hydrogens (tertiary/aromatic N) is 2. The van der Waals surface area contributed by atoms with E-state index in [4.69, 9.17) is 0 Å². The summed E-state index contributed by atoms with van der Waals surface area (Å²) >= 11 is 1.32. The van der Waals surface area contributed by atoms with E-state index in [2.05, 4.69) is 27.5 Å². The number of thiazole rings is 1. The van der Waals surface area contributed by atoms with Crippen LogP contribution in [0.1, 0.15) is 21.7 Å². The number of aryl methyl sites for hydroxylation is 1. The predicted octanol–water partition coefficient (Wildman–Crippen LogP) is 4.07. The molecule has 0 saturated carbocycles. The first-order chi connectivity index (χ1) is 13.2. The van der Waals surface area contributed by atoms with Crippen molar-refractivity contribution >= 4 is 32.2 Å². The van der Waals surface area contributed by atoms with E-state index in [9.17, 15) is 13.2 Å². The standard InChI is InChI=1S/C20H21N3O3S2/c1-5-9-23-13(2)10-17(14(23)3)18-12-27-20(21-18)22-19(24)15-7-6-8-16(11-15)28(4,25)26/h5-8,10-12H,1,9H2,2-4H3,(H,21,22,24). The Bertz CT molecular complexity index is 1160. The quantitative estimate of drug-likeness (QED) is 0.616. The van der Waals surface area contributed by atoms with Gasteiger partial charge in [-0.15, -0.1) is 17.9 Å². The number of amides is 1. The van der Waals surface area contributed by atoms with Gasteiger partial charge in [0, 0.05) is 40.7 Å². The normalized spacial score (nSPS) is 11.4. The molecule has 2 heterocycles. The number of hydrogen-bond donors (Lipinski definition) is 1. The zero-order chi connectivity index (χ0) is 20.5. The van der Waals surface area contributed by atoms with Gasteiger partial charge in [0.2, 0.25) is 0 Å². The number of allylic oxidation sites excluding steroid dienone is 1. The third-order valence-electron chi connectivity index (χ3n) is 4.41. The molecule has 146 valence electrons. The Morgan fingerprint density at radius 2 is 2.07 bits per heavy atom. The van der Waals surface area contributed by atoms with Crippen LogP contribution in [-0.4, -0.2) is 30.1 Å². The number of hydrogen-bond acceptors (Lipinski definition) is 5. The van der Waals surface area contributed by atoms with Gasteiger partial charge >= 0.3 is 0 Å². The van der Waals surface area contributed by atoms with E-state index in [0.717, 1.165) is 35.4 Å². The smallest absolute Gasteiger partial charge is 0.257 e. The Morgan fingerprint density at radius 1 is 1.32 bits per heavy atom. The molecular weight excluding hydrogens is 394 g/mol. The maximum Gasteiger partial charge on any atom is 0.257 e. The minimum absolute atomic E-state index is 0.106. The summed E-state index contributed by atoms with van der Waals surface area (Å²) in [5.74, 6) is -0.400. The zero-order valence-corrected chi connectivity index (χ0v) is 17.5. The number of carbonyl (C=O) groups is 1. The molecule has 0 atom stereocenters. The lowest BCUT2D eigenvalue weighted by Crippen LogP contribution is -2.12. The van der Waals surface area contributed by atoms with Crippen molar-refractivity contribution < 1.29 is 13.2 Å². The van der Waals surface area contributed by atoms with E-state index in [1.165, 1.54) is 23.5 Å². The number of aromatic nitrogens is 2. The number of rotatable bonds is 6. The molecule has 8 heteroatoms. The van der Waals surface area contributed by atoms with Crippen molar-refractivity contribution in [2.75, 3.05) is 11.6 Å². The van der Waals surface area contributed by atoms with E-state index >= 15 is 0 Å². The molecule has 0 fully saturated rings. The van der Waals surface area contributed by atoms with Crippen LogP contribution in [0, 0.1) is 13.8 Å². The Hall–Kier alpha value is -2.71. The average molecular weight is 416 g/mol. The van der Waals surface area contributed by atoms with Crippen LogP contribution in [0.3, 0.4) is 0 Å². The number of anilines is 1. The highest BCUT2D eigenvalue weighted by molar-refractivity contribution is 7.90. The first kappa shape index (κ1) is 20.0. The lowest BCUT2D eigenvalue weighted by molar-refractivity contribution is 0.102. The molecule has 0 saturated heterocycles. The SMILES string of the molecule is C=CCn1c(C)cc(-c2csc(NC(=O)c3cccc(S(C)(=O)=O)c3)n2)c1C. The van der Waals surface area contributed by atoms with Crippen molar-refractivity contribution in [3.8, 4) is 11.3 Å². The van der Waals surface area contributed by atoms with Crippen LogP contribution in [0.25, 0.3) is 11.3 Å². The molecule has 0 spiro atoms. The van der Waals surface area contributed by atoms with Crippen molar-refractivity contribution in [2.24, 2.45) is 0 Å². The summed E-state index contributed by atoms with van der Waals surface area (Å²) in [5, 5.41) is 5.09. The van der Waals surface area contributed by atoms with Crippen molar-refractivity contribution in [1.82, 2.24) is 9.55 Å². The maximum absolute atomic E-state index is 12.5. The van der Waals surface area contributed by atoms with Gasteiger partial charge in [-0.25, -0.2) is 13.4 Å². The van der Waals surface area contributed by atoms with E-state index in [1.807, 2.05) is 25.3 Å². The van der Waals surface area contributed by atoms with E-state index in [0.29, 0.717) is 5.13 Å². The molecule has 2 aromatic heterocycles. The topological polar surface area (TPSA) is 81.1 Å². The minimum Gasteiger partial charge on any atom is -0.345 e. The summed E-state index contributed by atoms with van der Waals surface area (Å²) in [6.45, 7) is 8.57. The predicted molar refractivity (Wildman–Crippen MR) is 113 cm³/mol. The summed E-state index contributed by atoms with van der Waals surface area (Å²) in [5.41, 5.74) is 4.26. The average Bonchev–Trinajstić information content (AvgIpc) is 3.21. The van der Waals surface area contributed by atoms with Crippen molar-refractivity contribution in [3.63, 3.8) is 0 Å². The van der Waals surface area contributed by atoms with E-state index in [1.54, 1.807) is 12.1 Å². The molecule has 6 nitrogen and oxygen atoms in total. The van der Waals surface area contributed by atoms with Crippen LogP contribution >= 0.6 is 11.3 Å². The van der Waals surface area contributed by atoms with Gasteiger partial charge in [-0.1, -0.05) is 12.1 Å². The Kier molecular flexibility index (Phi) is 5.53. The maximum atomic E-state index is 12.5. The Labute approximate surface area is 168 Å². The van der Waals surface area contributed by atoms with Gasteiger partial charge in [0.25, 0.3) is 5.91 Å². The monoisotopic (exact) mass is 415 g/mol. The zero-order valence-electron chi connectivity index (χ0n) is 15.9. The number of benzene rings is 1. The largest absolute Gasteiger partial charge is 0.345 e. The summed E-state index contributed by atoms with van der Waals surface area (Å²) in [6, 6.07) is 8.01. The fraction of sp³-hybridized carbons (Fsp3) is 0.200. The lowest BCUT2D eigenvalue weighted by atomic mass is 10.2. The van der Waals surface area contributed by atoms with Crippen molar-refractivity contribution in [3.05, 3.63) is 65.3 Å². The second-order valence-electron chi connectivity index (χ2n) is 6.48. The van der Waals surface area contributed by atoms with Crippen LogP contribution in [0.4, 0.5) is 5.13 Å². The van der Waals surface area contributed by atoms with Crippen LogP contribution in [0.5, 0.6) is 0 Å². The lowest BCUT2D eigenvalue weighted by Gasteiger charge is -2.05. The van der Waals surface area contributed by atoms with Crippen LogP contribution in [0.2, 0.25) is 0 Å². The molecule has 0 radical (unpaired) electrons. The van der Waals surface area contributed by atoms with Gasteiger partial charge in [0.05, 0.1) is 10.6 Å². The van der Waals surface area contributed by atoms with Crippen molar-refractivity contribution in [1.29, 1.82) is 0 Å². The van der Waals surface area contributed by atoms with Gasteiger partial charge in [-0.05, 0) is 38.1 Å². The second kappa shape index (κ2) is 7.73. The molecule has 1 amide bonds. The minimum atomic E-state index is -3.38. The van der Waals surface area contributed by atoms with Gasteiger partial charge in [0.15, 0.2) is 15.0 Å². The number of sulfone groups is 1. The molecule has 0 aliphatic heterocycles. The molecular formula is C20H21N3O3S2. The molecule has 0 aliphatic carbocycles.